The Morgan fingerprint density at radius 1 is 0.900 bits per heavy atom. The van der Waals surface area contributed by atoms with Gasteiger partial charge < -0.3 is 24.1 Å². The van der Waals surface area contributed by atoms with E-state index < -0.39 is 0 Å². The maximum absolute atomic E-state index is 9.52. The van der Waals surface area contributed by atoms with Crippen molar-refractivity contribution in [3.05, 3.63) is 89.7 Å². The molecule has 0 unspecified atom stereocenters. The minimum Gasteiger partial charge on any atom is -0.453 e. The molecule has 1 N–H and O–H groups in total. The summed E-state index contributed by atoms with van der Waals surface area (Å²) < 4.78 is 18.5. The van der Waals surface area contributed by atoms with Crippen LogP contribution in [0.3, 0.4) is 0 Å². The number of aliphatic imine (C=N–C) groups is 1. The molecule has 0 fully saturated rings. The third kappa shape index (κ3) is 5.13. The van der Waals surface area contributed by atoms with Crippen LogP contribution in [-0.2, 0) is 6.42 Å². The number of imidazole rings is 1. The lowest BCUT2D eigenvalue weighted by Gasteiger charge is -2.15. The Hall–Kier alpha value is -5.43. The van der Waals surface area contributed by atoms with Gasteiger partial charge in [-0.25, -0.2) is 4.98 Å². The van der Waals surface area contributed by atoms with Crippen molar-refractivity contribution in [1.82, 2.24) is 24.8 Å². The van der Waals surface area contributed by atoms with Gasteiger partial charge in [-0.15, -0.1) is 0 Å². The van der Waals surface area contributed by atoms with E-state index in [2.05, 4.69) is 35.9 Å². The van der Waals surface area contributed by atoms with E-state index in [1.807, 2.05) is 68.6 Å². The third-order valence-corrected chi connectivity index (χ3v) is 6.29. The molecule has 0 spiro atoms. The number of nitriles is 1. The standard InChI is InChI=1S/C30H25N7O3/c1-3-25-33-26-27(34-25)35-30(39-22-11-7-8-20(17-22)28-32-14-15-37(28)2)36-29(26)40-24-16-19(18-31)12-13-23(24)38-21-9-5-4-6-10-21/h4-13,16-17H,3,14-15H2,1-2H3,(H,33,34,35,36). The van der Waals surface area contributed by atoms with Crippen LogP contribution in [0.2, 0.25) is 0 Å². The first-order valence-electron chi connectivity index (χ1n) is 12.8. The Labute approximate surface area is 230 Å². The monoisotopic (exact) mass is 531 g/mol. The van der Waals surface area contributed by atoms with Gasteiger partial charge in [-0.1, -0.05) is 37.3 Å². The molecule has 3 aromatic carbocycles. The molecule has 0 saturated heterocycles. The lowest BCUT2D eigenvalue weighted by Crippen LogP contribution is -2.23. The molecule has 2 aromatic heterocycles. The van der Waals surface area contributed by atoms with Crippen molar-refractivity contribution in [3.8, 4) is 41.0 Å². The second-order valence-corrected chi connectivity index (χ2v) is 9.09. The molecule has 0 saturated carbocycles. The minimum absolute atomic E-state index is 0.0671. The van der Waals surface area contributed by atoms with Crippen molar-refractivity contribution >= 4 is 17.0 Å². The van der Waals surface area contributed by atoms with Gasteiger partial charge in [0.15, 0.2) is 17.1 Å². The van der Waals surface area contributed by atoms with Crippen LogP contribution in [0.4, 0.5) is 0 Å². The highest BCUT2D eigenvalue weighted by molar-refractivity contribution is 5.99. The molecule has 10 heteroatoms. The summed E-state index contributed by atoms with van der Waals surface area (Å²) in [7, 11) is 2.01. The van der Waals surface area contributed by atoms with Crippen molar-refractivity contribution in [1.29, 1.82) is 5.26 Å². The lowest BCUT2D eigenvalue weighted by molar-refractivity contribution is 0.395. The van der Waals surface area contributed by atoms with E-state index in [-0.39, 0.29) is 11.9 Å². The van der Waals surface area contributed by atoms with Crippen LogP contribution in [0.25, 0.3) is 11.2 Å². The molecular formula is C30H25N7O3. The van der Waals surface area contributed by atoms with Gasteiger partial charge in [0, 0.05) is 31.6 Å². The number of aryl methyl sites for hydroxylation is 1. The lowest BCUT2D eigenvalue weighted by atomic mass is 10.2. The number of hydrogen-bond donors (Lipinski definition) is 1. The van der Waals surface area contributed by atoms with Gasteiger partial charge >= 0.3 is 6.01 Å². The van der Waals surface area contributed by atoms with E-state index >= 15 is 0 Å². The molecule has 0 aliphatic carbocycles. The molecule has 1 aliphatic heterocycles. The third-order valence-electron chi connectivity index (χ3n) is 6.29. The number of para-hydroxylation sites is 1. The fraction of sp³-hybridized carbons (Fsp3) is 0.167. The largest absolute Gasteiger partial charge is 0.453 e. The van der Waals surface area contributed by atoms with Crippen LogP contribution < -0.4 is 14.2 Å². The molecule has 40 heavy (non-hydrogen) atoms. The summed E-state index contributed by atoms with van der Waals surface area (Å²) >= 11 is 0. The van der Waals surface area contributed by atoms with Crippen molar-refractivity contribution in [3.63, 3.8) is 0 Å². The van der Waals surface area contributed by atoms with Crippen LogP contribution in [0, 0.1) is 11.3 Å². The van der Waals surface area contributed by atoms with Crippen LogP contribution in [0.1, 0.15) is 23.9 Å². The highest BCUT2D eigenvalue weighted by atomic mass is 16.5. The van der Waals surface area contributed by atoms with E-state index in [0.717, 1.165) is 30.3 Å². The first kappa shape index (κ1) is 24.9. The smallest absolute Gasteiger partial charge is 0.327 e. The number of aromatic nitrogens is 4. The molecule has 5 aromatic rings. The Morgan fingerprint density at radius 2 is 1.75 bits per heavy atom. The topological polar surface area (TPSA) is 122 Å². The summed E-state index contributed by atoms with van der Waals surface area (Å²) in [4.78, 5) is 23.6. The number of rotatable bonds is 8. The Kier molecular flexibility index (Phi) is 6.68. The van der Waals surface area contributed by atoms with E-state index in [1.54, 1.807) is 18.2 Å². The maximum atomic E-state index is 9.52. The van der Waals surface area contributed by atoms with Crippen LogP contribution in [-0.4, -0.2) is 50.8 Å². The maximum Gasteiger partial charge on any atom is 0.327 e. The quantitative estimate of drug-likeness (QED) is 0.264. The zero-order valence-corrected chi connectivity index (χ0v) is 22.0. The van der Waals surface area contributed by atoms with Crippen LogP contribution in [0.5, 0.6) is 34.9 Å². The van der Waals surface area contributed by atoms with E-state index in [1.165, 1.54) is 0 Å². The molecule has 0 radical (unpaired) electrons. The highest BCUT2D eigenvalue weighted by Crippen LogP contribution is 2.37. The molecule has 3 heterocycles. The Balaban J connectivity index is 1.37. The van der Waals surface area contributed by atoms with Gasteiger partial charge in [0.05, 0.1) is 18.2 Å². The number of amidine groups is 1. The second-order valence-electron chi connectivity index (χ2n) is 9.09. The average molecular weight is 532 g/mol. The number of benzene rings is 3. The predicted molar refractivity (Wildman–Crippen MR) is 149 cm³/mol. The molecule has 1 aliphatic rings. The normalized spacial score (nSPS) is 12.7. The summed E-state index contributed by atoms with van der Waals surface area (Å²) in [6.07, 6.45) is 0.663. The van der Waals surface area contributed by atoms with Crippen molar-refractivity contribution < 1.29 is 14.2 Å². The summed E-state index contributed by atoms with van der Waals surface area (Å²) in [5.74, 6) is 3.74. The van der Waals surface area contributed by atoms with Gasteiger partial charge in [-0.05, 0) is 36.4 Å². The number of nitrogens with one attached hydrogen (secondary N) is 1. The number of H-pyrrole nitrogens is 1. The van der Waals surface area contributed by atoms with Crippen molar-refractivity contribution in [2.75, 3.05) is 20.1 Å². The summed E-state index contributed by atoms with van der Waals surface area (Å²) in [6.45, 7) is 3.63. The molecule has 10 nitrogen and oxygen atoms in total. The van der Waals surface area contributed by atoms with Gasteiger partial charge in [-0.2, -0.15) is 15.2 Å². The van der Waals surface area contributed by atoms with Crippen molar-refractivity contribution in [2.45, 2.75) is 13.3 Å². The summed E-state index contributed by atoms with van der Waals surface area (Å²) in [5.41, 5.74) is 2.26. The van der Waals surface area contributed by atoms with Gasteiger partial charge in [-0.3, -0.25) is 4.99 Å². The number of aromatic amines is 1. The zero-order valence-electron chi connectivity index (χ0n) is 22.0. The highest BCUT2D eigenvalue weighted by Gasteiger charge is 2.19. The number of fused-ring (bicyclic) bond motifs is 1. The Bertz CT molecular complexity index is 1760. The first-order chi connectivity index (χ1) is 19.6. The fourth-order valence-corrected chi connectivity index (χ4v) is 4.30. The number of ether oxygens (including phenoxy) is 3. The average Bonchev–Trinajstić information content (AvgIpc) is 3.60. The van der Waals surface area contributed by atoms with E-state index in [0.29, 0.717) is 46.1 Å². The SMILES string of the molecule is CCc1nc2nc(Oc3cccc(C4=NCCN4C)c3)nc(Oc3cc(C#N)ccc3Oc3ccccc3)c2[nH]1. The summed E-state index contributed by atoms with van der Waals surface area (Å²) in [6, 6.07) is 24.1. The Morgan fingerprint density at radius 3 is 2.52 bits per heavy atom. The fourth-order valence-electron chi connectivity index (χ4n) is 4.30. The van der Waals surface area contributed by atoms with Gasteiger partial charge in [0.2, 0.25) is 0 Å². The number of hydrogen-bond acceptors (Lipinski definition) is 9. The van der Waals surface area contributed by atoms with E-state index in [9.17, 15) is 5.26 Å². The zero-order chi connectivity index (χ0) is 27.5. The number of likely N-dealkylation sites (N-methyl/N-ethyl adjacent to an activating group) is 1. The van der Waals surface area contributed by atoms with Gasteiger partial charge in [0.1, 0.15) is 28.7 Å². The number of nitrogens with zero attached hydrogens (tertiary/aromatic N) is 6. The minimum atomic E-state index is 0.0671. The first-order valence-corrected chi connectivity index (χ1v) is 12.8. The molecule has 0 bridgehead atoms. The molecule has 198 valence electrons. The van der Waals surface area contributed by atoms with E-state index in [4.69, 9.17) is 14.2 Å². The molecule has 0 atom stereocenters. The molecule has 0 amide bonds. The van der Waals surface area contributed by atoms with Gasteiger partial charge in [0.25, 0.3) is 5.88 Å². The van der Waals surface area contributed by atoms with Crippen molar-refractivity contribution in [2.24, 2.45) is 4.99 Å². The second kappa shape index (κ2) is 10.7. The predicted octanol–water partition coefficient (Wildman–Crippen LogP) is 5.86. The molecular weight excluding hydrogens is 506 g/mol. The molecule has 6 rings (SSSR count). The van der Waals surface area contributed by atoms with Crippen LogP contribution in [0.15, 0.2) is 77.8 Å². The van der Waals surface area contributed by atoms with Crippen LogP contribution >= 0.6 is 0 Å². The summed E-state index contributed by atoms with van der Waals surface area (Å²) in [5, 5.41) is 9.52.